The van der Waals surface area contributed by atoms with Crippen molar-refractivity contribution in [3.63, 3.8) is 0 Å². The second-order valence-electron chi connectivity index (χ2n) is 8.90. The first kappa shape index (κ1) is 22.9. The fraction of sp³-hybridized carbons (Fsp3) is 0.385. The maximum Gasteiger partial charge on any atom is 0.247 e. The predicted octanol–water partition coefficient (Wildman–Crippen LogP) is 4.84. The molecule has 4 rings (SSSR count). The van der Waals surface area contributed by atoms with Gasteiger partial charge in [0.1, 0.15) is 0 Å². The van der Waals surface area contributed by atoms with E-state index >= 15 is 0 Å². The summed E-state index contributed by atoms with van der Waals surface area (Å²) in [5, 5.41) is 14.4. The Balaban J connectivity index is 1.57. The second kappa shape index (κ2) is 10.1. The summed E-state index contributed by atoms with van der Waals surface area (Å²) in [6.07, 6.45) is 6.37. The van der Waals surface area contributed by atoms with E-state index in [9.17, 15) is 4.79 Å². The maximum absolute atomic E-state index is 13.5. The molecular weight excluding hydrogens is 412 g/mol. The van der Waals surface area contributed by atoms with Crippen molar-refractivity contribution < 1.29 is 4.79 Å². The van der Waals surface area contributed by atoms with Crippen molar-refractivity contribution in [2.75, 3.05) is 0 Å². The quantitative estimate of drug-likeness (QED) is 0.492. The van der Waals surface area contributed by atoms with Crippen molar-refractivity contribution in [3.05, 3.63) is 66.4 Å². The standard InChI is InChI=1S/C26H32N6O/c1-3-4-9-19(2)32(25(33)26(27)16-7-8-17-26)18-20-12-14-21(15-13-20)22-10-5-6-11-23(22)24-28-30-31-29-24/h5-6,10-15H,2-4,7-9,16-18,27H2,1H3,(H,28,29,30,31). The van der Waals surface area contributed by atoms with Crippen LogP contribution in [0.2, 0.25) is 0 Å². The van der Waals surface area contributed by atoms with E-state index in [1.807, 2.05) is 29.2 Å². The molecule has 0 unspecified atom stereocenters. The molecule has 172 valence electrons. The smallest absolute Gasteiger partial charge is 0.247 e. The van der Waals surface area contributed by atoms with Crippen molar-refractivity contribution in [1.82, 2.24) is 25.5 Å². The van der Waals surface area contributed by atoms with Crippen LogP contribution in [0.3, 0.4) is 0 Å². The van der Waals surface area contributed by atoms with E-state index in [4.69, 9.17) is 5.73 Å². The van der Waals surface area contributed by atoms with Gasteiger partial charge in [0, 0.05) is 11.3 Å². The molecule has 1 aliphatic carbocycles. The molecule has 0 bridgehead atoms. The molecule has 0 radical (unpaired) electrons. The summed E-state index contributed by atoms with van der Waals surface area (Å²) in [7, 11) is 0. The number of H-pyrrole nitrogens is 1. The predicted molar refractivity (Wildman–Crippen MR) is 130 cm³/mol. The largest absolute Gasteiger partial charge is 0.317 e. The molecule has 1 saturated carbocycles. The van der Waals surface area contributed by atoms with Crippen molar-refractivity contribution in [1.29, 1.82) is 0 Å². The highest BCUT2D eigenvalue weighted by Gasteiger charge is 2.40. The molecule has 3 N–H and O–H groups in total. The Morgan fingerprint density at radius 3 is 2.45 bits per heavy atom. The summed E-state index contributed by atoms with van der Waals surface area (Å²) in [5.41, 5.74) is 10.7. The van der Waals surface area contributed by atoms with Gasteiger partial charge >= 0.3 is 0 Å². The fourth-order valence-electron chi connectivity index (χ4n) is 4.51. The molecule has 1 amide bonds. The molecule has 0 aliphatic heterocycles. The molecule has 0 atom stereocenters. The zero-order valence-electron chi connectivity index (χ0n) is 19.3. The highest BCUT2D eigenvalue weighted by molar-refractivity contribution is 5.88. The van der Waals surface area contributed by atoms with Crippen molar-refractivity contribution in [2.45, 2.75) is 64.0 Å². The van der Waals surface area contributed by atoms with Gasteiger partial charge in [-0.05, 0) is 47.6 Å². The van der Waals surface area contributed by atoms with Gasteiger partial charge in [-0.3, -0.25) is 4.79 Å². The topological polar surface area (TPSA) is 101 Å². The Hall–Kier alpha value is -3.32. The monoisotopic (exact) mass is 444 g/mol. The number of hydrogen-bond acceptors (Lipinski definition) is 5. The van der Waals surface area contributed by atoms with Gasteiger partial charge in [-0.15, -0.1) is 10.2 Å². The van der Waals surface area contributed by atoms with Crippen LogP contribution in [-0.4, -0.2) is 37.0 Å². The lowest BCUT2D eigenvalue weighted by Crippen LogP contribution is -2.52. The number of nitrogens with one attached hydrogen (secondary N) is 1. The third-order valence-electron chi connectivity index (χ3n) is 6.49. The number of tetrazole rings is 1. The van der Waals surface area contributed by atoms with Crippen molar-refractivity contribution in [3.8, 4) is 22.5 Å². The van der Waals surface area contributed by atoms with E-state index in [2.05, 4.69) is 58.4 Å². The number of nitrogens with zero attached hydrogens (tertiary/aromatic N) is 4. The average molecular weight is 445 g/mol. The lowest BCUT2D eigenvalue weighted by molar-refractivity contribution is -0.135. The van der Waals surface area contributed by atoms with Crippen molar-refractivity contribution >= 4 is 5.91 Å². The highest BCUT2D eigenvalue weighted by Crippen LogP contribution is 2.33. The zero-order valence-corrected chi connectivity index (χ0v) is 19.3. The molecule has 3 aromatic rings. The van der Waals surface area contributed by atoms with Gasteiger partial charge in [0.05, 0.1) is 12.1 Å². The number of unbranched alkanes of at least 4 members (excludes halogenated alkanes) is 1. The third-order valence-corrected chi connectivity index (χ3v) is 6.49. The first-order chi connectivity index (χ1) is 16.0. The average Bonchev–Trinajstić information content (AvgIpc) is 3.54. The number of aromatic nitrogens is 4. The van der Waals surface area contributed by atoms with Gasteiger partial charge in [0.25, 0.3) is 0 Å². The minimum atomic E-state index is -0.765. The second-order valence-corrected chi connectivity index (χ2v) is 8.90. The van der Waals surface area contributed by atoms with Gasteiger partial charge in [0.15, 0.2) is 0 Å². The molecule has 0 saturated heterocycles. The molecule has 7 heteroatoms. The normalized spacial score (nSPS) is 14.8. The van der Waals surface area contributed by atoms with Crippen LogP contribution in [0.5, 0.6) is 0 Å². The van der Waals surface area contributed by atoms with Gasteiger partial charge in [-0.25, -0.2) is 0 Å². The van der Waals surface area contributed by atoms with Crippen LogP contribution >= 0.6 is 0 Å². The van der Waals surface area contributed by atoms with E-state index in [0.29, 0.717) is 12.4 Å². The summed E-state index contributed by atoms with van der Waals surface area (Å²) in [6.45, 7) is 6.87. The third kappa shape index (κ3) is 5.03. The Morgan fingerprint density at radius 2 is 1.82 bits per heavy atom. The summed E-state index contributed by atoms with van der Waals surface area (Å²) in [6, 6.07) is 16.2. The van der Waals surface area contributed by atoms with E-state index in [1.165, 1.54) is 0 Å². The number of amides is 1. The number of hydrogen-bond donors (Lipinski definition) is 2. The van der Waals surface area contributed by atoms with Crippen LogP contribution < -0.4 is 5.73 Å². The molecular formula is C26H32N6O. The van der Waals surface area contributed by atoms with Gasteiger partial charge in [-0.2, -0.15) is 5.21 Å². The maximum atomic E-state index is 13.5. The van der Waals surface area contributed by atoms with Crippen LogP contribution in [0, 0.1) is 0 Å². The highest BCUT2D eigenvalue weighted by atomic mass is 16.2. The van der Waals surface area contributed by atoms with E-state index < -0.39 is 5.54 Å². The molecule has 1 fully saturated rings. The van der Waals surface area contributed by atoms with Crippen LogP contribution in [0.15, 0.2) is 60.8 Å². The number of allylic oxidation sites excluding steroid dienone is 1. The summed E-state index contributed by atoms with van der Waals surface area (Å²) in [4.78, 5) is 15.3. The Kier molecular flexibility index (Phi) is 6.99. The van der Waals surface area contributed by atoms with Gasteiger partial charge < -0.3 is 10.6 Å². The molecule has 2 aromatic carbocycles. The minimum absolute atomic E-state index is 0.00707. The lowest BCUT2D eigenvalue weighted by Gasteiger charge is -2.33. The van der Waals surface area contributed by atoms with Crippen molar-refractivity contribution in [2.24, 2.45) is 5.73 Å². The van der Waals surface area contributed by atoms with Crippen LogP contribution in [0.4, 0.5) is 0 Å². The first-order valence-electron chi connectivity index (χ1n) is 11.7. The summed E-state index contributed by atoms with van der Waals surface area (Å²) < 4.78 is 0. The zero-order chi connectivity index (χ0) is 23.3. The Bertz CT molecular complexity index is 1080. The number of rotatable bonds is 9. The number of nitrogens with two attached hydrogens (primary N) is 1. The summed E-state index contributed by atoms with van der Waals surface area (Å²) >= 11 is 0. The first-order valence-corrected chi connectivity index (χ1v) is 11.7. The molecule has 1 aromatic heterocycles. The number of carbonyl (C=O) groups is 1. The Labute approximate surface area is 195 Å². The number of benzene rings is 2. The Morgan fingerprint density at radius 1 is 1.12 bits per heavy atom. The van der Waals surface area contributed by atoms with E-state index in [1.54, 1.807) is 0 Å². The van der Waals surface area contributed by atoms with Crippen LogP contribution in [0.1, 0.15) is 57.4 Å². The van der Waals surface area contributed by atoms with E-state index in [0.717, 1.165) is 72.9 Å². The molecule has 1 heterocycles. The van der Waals surface area contributed by atoms with E-state index in [-0.39, 0.29) is 5.91 Å². The SMILES string of the molecule is C=C(CCCC)N(Cc1ccc(-c2ccccc2-c2nn[nH]n2)cc1)C(=O)C1(N)CCCC1. The molecule has 33 heavy (non-hydrogen) atoms. The fourth-order valence-corrected chi connectivity index (χ4v) is 4.51. The van der Waals surface area contributed by atoms with Gasteiger partial charge in [0.2, 0.25) is 11.7 Å². The van der Waals surface area contributed by atoms with Gasteiger partial charge in [-0.1, -0.05) is 81.3 Å². The van der Waals surface area contributed by atoms with Crippen LogP contribution in [-0.2, 0) is 11.3 Å². The number of carbonyl (C=O) groups excluding carboxylic acids is 1. The molecule has 0 spiro atoms. The molecule has 7 nitrogen and oxygen atoms in total. The molecule has 1 aliphatic rings. The summed E-state index contributed by atoms with van der Waals surface area (Å²) in [5.74, 6) is 0.566. The number of aromatic amines is 1. The minimum Gasteiger partial charge on any atom is -0.317 e. The van der Waals surface area contributed by atoms with Crippen LogP contribution in [0.25, 0.3) is 22.5 Å². The lowest BCUT2D eigenvalue weighted by atomic mass is 9.95.